The summed E-state index contributed by atoms with van der Waals surface area (Å²) in [6, 6.07) is 21.0. The summed E-state index contributed by atoms with van der Waals surface area (Å²) >= 11 is 0. The van der Waals surface area contributed by atoms with Crippen LogP contribution in [0, 0.1) is 5.41 Å². The maximum absolute atomic E-state index is 12.8. The minimum Gasteiger partial charge on any atom is -0.356 e. The fourth-order valence-corrected chi connectivity index (χ4v) is 5.77. The third-order valence-corrected chi connectivity index (χ3v) is 7.90. The summed E-state index contributed by atoms with van der Waals surface area (Å²) in [5.41, 5.74) is 2.70. The van der Waals surface area contributed by atoms with Crippen LogP contribution in [0.3, 0.4) is 0 Å². The van der Waals surface area contributed by atoms with E-state index in [1.165, 1.54) is 11.1 Å². The second-order valence-electron chi connectivity index (χ2n) is 10.1. The van der Waals surface area contributed by atoms with E-state index in [2.05, 4.69) is 66.8 Å². The molecule has 1 saturated carbocycles. The summed E-state index contributed by atoms with van der Waals surface area (Å²) in [6.07, 6.45) is 6.05. The lowest BCUT2D eigenvalue weighted by Gasteiger charge is -2.48. The van der Waals surface area contributed by atoms with Crippen LogP contribution >= 0.6 is 0 Å². The summed E-state index contributed by atoms with van der Waals surface area (Å²) in [7, 11) is 4.35. The van der Waals surface area contributed by atoms with Crippen molar-refractivity contribution in [1.82, 2.24) is 15.1 Å². The van der Waals surface area contributed by atoms with E-state index in [0.717, 1.165) is 38.6 Å². The Morgan fingerprint density at radius 2 is 1.61 bits per heavy atom. The second-order valence-corrected chi connectivity index (χ2v) is 10.1. The van der Waals surface area contributed by atoms with Crippen LogP contribution in [0.4, 0.5) is 0 Å². The number of hydrogen-bond acceptors (Lipinski definition) is 3. The maximum atomic E-state index is 12.8. The van der Waals surface area contributed by atoms with Crippen LogP contribution in [-0.2, 0) is 21.5 Å². The molecule has 1 N–H and O–H groups in total. The SMILES string of the molecule is CN(C)C1(c2ccccc2)CCC2(CC1)CC(=O)N(CCC(=O)NCCc1ccccc1)C2. The lowest BCUT2D eigenvalue weighted by atomic mass is 9.64. The first kappa shape index (κ1) is 23.5. The summed E-state index contributed by atoms with van der Waals surface area (Å²) in [4.78, 5) is 29.4. The van der Waals surface area contributed by atoms with E-state index in [1.54, 1.807) is 0 Å². The van der Waals surface area contributed by atoms with Crippen LogP contribution in [0.2, 0.25) is 0 Å². The van der Waals surface area contributed by atoms with Crippen molar-refractivity contribution in [3.8, 4) is 0 Å². The molecule has 33 heavy (non-hydrogen) atoms. The second kappa shape index (κ2) is 10.1. The van der Waals surface area contributed by atoms with Gasteiger partial charge in [0.25, 0.3) is 0 Å². The molecule has 0 aromatic heterocycles. The van der Waals surface area contributed by atoms with Gasteiger partial charge in [-0.3, -0.25) is 14.5 Å². The van der Waals surface area contributed by atoms with Gasteiger partial charge in [0.15, 0.2) is 0 Å². The van der Waals surface area contributed by atoms with Crippen LogP contribution < -0.4 is 5.32 Å². The van der Waals surface area contributed by atoms with E-state index in [0.29, 0.717) is 25.9 Å². The van der Waals surface area contributed by atoms with Crippen molar-refractivity contribution in [3.63, 3.8) is 0 Å². The number of nitrogens with zero attached hydrogens (tertiary/aromatic N) is 2. The van der Waals surface area contributed by atoms with Gasteiger partial charge in [-0.15, -0.1) is 0 Å². The molecule has 4 rings (SSSR count). The highest BCUT2D eigenvalue weighted by atomic mass is 16.2. The Morgan fingerprint density at radius 1 is 0.970 bits per heavy atom. The number of amides is 2. The minimum absolute atomic E-state index is 0.0269. The normalized spacial score (nSPS) is 25.1. The quantitative estimate of drug-likeness (QED) is 0.666. The van der Waals surface area contributed by atoms with Crippen LogP contribution in [0.25, 0.3) is 0 Å². The zero-order chi connectivity index (χ0) is 23.3. The number of carbonyl (C=O) groups is 2. The Kier molecular flexibility index (Phi) is 7.18. The molecular weight excluding hydrogens is 410 g/mol. The van der Waals surface area contributed by atoms with Gasteiger partial charge in [0.1, 0.15) is 0 Å². The Bertz CT molecular complexity index is 934. The van der Waals surface area contributed by atoms with Crippen molar-refractivity contribution >= 4 is 11.8 Å². The molecule has 0 bridgehead atoms. The first-order valence-electron chi connectivity index (χ1n) is 12.2. The summed E-state index contributed by atoms with van der Waals surface area (Å²) in [6.45, 7) is 1.95. The molecular formula is C28H37N3O2. The Morgan fingerprint density at radius 3 is 2.24 bits per heavy atom. The zero-order valence-corrected chi connectivity index (χ0v) is 20.1. The largest absolute Gasteiger partial charge is 0.356 e. The topological polar surface area (TPSA) is 52.7 Å². The third kappa shape index (κ3) is 5.30. The van der Waals surface area contributed by atoms with Crippen molar-refractivity contribution < 1.29 is 9.59 Å². The molecule has 176 valence electrons. The van der Waals surface area contributed by atoms with Crippen LogP contribution in [0.5, 0.6) is 0 Å². The van der Waals surface area contributed by atoms with Crippen molar-refractivity contribution in [2.75, 3.05) is 33.7 Å². The van der Waals surface area contributed by atoms with Crippen LogP contribution in [0.1, 0.15) is 49.7 Å². The monoisotopic (exact) mass is 447 g/mol. The molecule has 2 amide bonds. The first-order valence-corrected chi connectivity index (χ1v) is 12.2. The van der Waals surface area contributed by atoms with E-state index in [4.69, 9.17) is 0 Å². The van der Waals surface area contributed by atoms with Crippen molar-refractivity contribution in [2.45, 2.75) is 50.5 Å². The predicted octanol–water partition coefficient (Wildman–Crippen LogP) is 3.99. The van der Waals surface area contributed by atoms with Crippen LogP contribution in [0.15, 0.2) is 60.7 Å². The predicted molar refractivity (Wildman–Crippen MR) is 132 cm³/mol. The van der Waals surface area contributed by atoms with Gasteiger partial charge in [-0.05, 0) is 62.7 Å². The number of rotatable bonds is 8. The number of nitrogens with one attached hydrogen (secondary N) is 1. The Labute approximate surface area is 198 Å². The van der Waals surface area contributed by atoms with Gasteiger partial charge in [-0.1, -0.05) is 60.7 Å². The molecule has 2 aromatic rings. The molecule has 0 unspecified atom stereocenters. The van der Waals surface area contributed by atoms with Crippen LogP contribution in [-0.4, -0.2) is 55.3 Å². The molecule has 5 heteroatoms. The maximum Gasteiger partial charge on any atom is 0.223 e. The summed E-state index contributed by atoms with van der Waals surface area (Å²) in [5, 5.41) is 3.00. The lowest BCUT2D eigenvalue weighted by molar-refractivity contribution is -0.128. The number of hydrogen-bond donors (Lipinski definition) is 1. The lowest BCUT2D eigenvalue weighted by Crippen LogP contribution is -2.47. The summed E-state index contributed by atoms with van der Waals surface area (Å²) < 4.78 is 0. The molecule has 2 aliphatic rings. The average molecular weight is 448 g/mol. The molecule has 1 aliphatic carbocycles. The van der Waals surface area contributed by atoms with Crippen molar-refractivity contribution in [3.05, 3.63) is 71.8 Å². The number of carbonyl (C=O) groups excluding carboxylic acids is 2. The molecule has 1 aliphatic heterocycles. The highest BCUT2D eigenvalue weighted by molar-refractivity contribution is 5.81. The zero-order valence-electron chi connectivity index (χ0n) is 20.1. The van der Waals surface area contributed by atoms with E-state index >= 15 is 0 Å². The summed E-state index contributed by atoms with van der Waals surface area (Å²) in [5.74, 6) is 0.239. The Hall–Kier alpha value is -2.66. The van der Waals surface area contributed by atoms with Gasteiger partial charge in [0.05, 0.1) is 0 Å². The molecule has 0 atom stereocenters. The van der Waals surface area contributed by atoms with Crippen molar-refractivity contribution in [1.29, 1.82) is 0 Å². The molecule has 1 spiro atoms. The molecule has 2 aromatic carbocycles. The average Bonchev–Trinajstić information content (AvgIpc) is 3.14. The van der Waals surface area contributed by atoms with Gasteiger partial charge in [-0.2, -0.15) is 0 Å². The van der Waals surface area contributed by atoms with Crippen molar-refractivity contribution in [2.24, 2.45) is 5.41 Å². The Balaban J connectivity index is 1.27. The van der Waals surface area contributed by atoms with Gasteiger partial charge < -0.3 is 10.2 Å². The minimum atomic E-state index is 0.0269. The highest BCUT2D eigenvalue weighted by Crippen LogP contribution is 2.52. The fraction of sp³-hybridized carbons (Fsp3) is 0.500. The third-order valence-electron chi connectivity index (χ3n) is 7.90. The molecule has 1 saturated heterocycles. The van der Waals surface area contributed by atoms with Gasteiger partial charge >= 0.3 is 0 Å². The van der Waals surface area contributed by atoms with E-state index in [1.807, 2.05) is 23.1 Å². The standard InChI is InChI=1S/C28H37N3O2/c1-30(2)28(24-11-7-4-8-12-24)17-15-27(16-18-28)21-26(33)31(22-27)20-14-25(32)29-19-13-23-9-5-3-6-10-23/h3-12H,13-22H2,1-2H3,(H,29,32). The van der Waals surface area contributed by atoms with Gasteiger partial charge in [-0.25, -0.2) is 0 Å². The smallest absolute Gasteiger partial charge is 0.223 e. The highest BCUT2D eigenvalue weighted by Gasteiger charge is 2.50. The number of benzene rings is 2. The van der Waals surface area contributed by atoms with Gasteiger partial charge in [0, 0.05) is 38.0 Å². The first-order chi connectivity index (χ1) is 15.9. The number of likely N-dealkylation sites (tertiary alicyclic amines) is 1. The van der Waals surface area contributed by atoms with E-state index < -0.39 is 0 Å². The molecule has 2 fully saturated rings. The molecule has 0 radical (unpaired) electrons. The van der Waals surface area contributed by atoms with E-state index in [-0.39, 0.29) is 22.8 Å². The van der Waals surface area contributed by atoms with E-state index in [9.17, 15) is 9.59 Å². The molecule has 1 heterocycles. The van der Waals surface area contributed by atoms with Gasteiger partial charge in [0.2, 0.25) is 11.8 Å². The fourth-order valence-electron chi connectivity index (χ4n) is 5.77. The molecule has 5 nitrogen and oxygen atoms in total.